The van der Waals surface area contributed by atoms with Crippen LogP contribution < -0.4 is 5.32 Å². The van der Waals surface area contributed by atoms with E-state index < -0.39 is 21.3 Å². The van der Waals surface area contributed by atoms with E-state index in [4.69, 9.17) is 16.3 Å². The molecular formula is C13H16ClNO4S. The number of carbonyl (C=O) groups is 1. The number of sulfone groups is 1. The Labute approximate surface area is 123 Å². The maximum atomic E-state index is 12.2. The van der Waals surface area contributed by atoms with E-state index in [0.29, 0.717) is 10.7 Å². The van der Waals surface area contributed by atoms with Crippen LogP contribution in [0.15, 0.2) is 24.3 Å². The molecule has 0 spiro atoms. The number of ether oxygens (including phenoxy) is 1. The molecule has 1 aromatic carbocycles. The van der Waals surface area contributed by atoms with Crippen molar-refractivity contribution in [2.75, 3.05) is 23.4 Å². The average molecular weight is 318 g/mol. The first-order valence-electron chi connectivity index (χ1n) is 6.29. The standard InChI is InChI=1S/C13H16ClNO4S/c1-2-19-12(16)13(7-8-20(17,18)9-13)15-11-6-4-3-5-10(11)14/h3-6,15H,2,7-9H2,1H3. The van der Waals surface area contributed by atoms with Gasteiger partial charge in [-0.25, -0.2) is 13.2 Å². The molecular weight excluding hydrogens is 302 g/mol. The summed E-state index contributed by atoms with van der Waals surface area (Å²) in [5.74, 6) is -0.867. The van der Waals surface area contributed by atoms with Crippen LogP contribution in [-0.2, 0) is 19.4 Å². The number of nitrogens with one attached hydrogen (secondary N) is 1. The fourth-order valence-electron chi connectivity index (χ4n) is 2.25. The van der Waals surface area contributed by atoms with Gasteiger partial charge in [-0.2, -0.15) is 0 Å². The second-order valence-electron chi connectivity index (χ2n) is 4.75. The van der Waals surface area contributed by atoms with Gasteiger partial charge in [-0.1, -0.05) is 23.7 Å². The first-order valence-corrected chi connectivity index (χ1v) is 8.49. The maximum Gasteiger partial charge on any atom is 0.332 e. The molecule has 0 aliphatic carbocycles. The Hall–Kier alpha value is -1.27. The van der Waals surface area contributed by atoms with Crippen molar-refractivity contribution in [2.45, 2.75) is 18.9 Å². The molecule has 1 atom stereocenters. The van der Waals surface area contributed by atoms with Crippen LogP contribution in [0.2, 0.25) is 5.02 Å². The van der Waals surface area contributed by atoms with Crippen LogP contribution >= 0.6 is 11.6 Å². The van der Waals surface area contributed by atoms with Gasteiger partial charge >= 0.3 is 5.97 Å². The van der Waals surface area contributed by atoms with Crippen LogP contribution in [0.3, 0.4) is 0 Å². The molecule has 1 aliphatic heterocycles. The van der Waals surface area contributed by atoms with Gasteiger partial charge in [0, 0.05) is 0 Å². The van der Waals surface area contributed by atoms with E-state index in [1.165, 1.54) is 0 Å². The zero-order valence-corrected chi connectivity index (χ0v) is 12.6. The van der Waals surface area contributed by atoms with Gasteiger partial charge in [0.1, 0.15) is 0 Å². The number of esters is 1. The summed E-state index contributed by atoms with van der Waals surface area (Å²) in [5.41, 5.74) is -0.723. The number of hydrogen-bond acceptors (Lipinski definition) is 5. The van der Waals surface area contributed by atoms with Gasteiger partial charge in [0.25, 0.3) is 0 Å². The minimum Gasteiger partial charge on any atom is -0.464 e. The Morgan fingerprint density at radius 1 is 1.45 bits per heavy atom. The summed E-state index contributed by atoms with van der Waals surface area (Å²) in [7, 11) is -3.26. The summed E-state index contributed by atoms with van der Waals surface area (Å²) in [6.45, 7) is 1.88. The Kier molecular flexibility index (Phi) is 4.25. The predicted octanol–water partition coefficient (Wildman–Crippen LogP) is 1.87. The van der Waals surface area contributed by atoms with Gasteiger partial charge < -0.3 is 10.1 Å². The van der Waals surface area contributed by atoms with Crippen LogP contribution in [0.25, 0.3) is 0 Å². The molecule has 20 heavy (non-hydrogen) atoms. The highest BCUT2D eigenvalue weighted by atomic mass is 35.5. The quantitative estimate of drug-likeness (QED) is 0.858. The van der Waals surface area contributed by atoms with E-state index in [-0.39, 0.29) is 24.5 Å². The van der Waals surface area contributed by atoms with Crippen molar-refractivity contribution < 1.29 is 17.9 Å². The smallest absolute Gasteiger partial charge is 0.332 e. The summed E-state index contributed by atoms with van der Waals surface area (Å²) in [4.78, 5) is 12.2. The lowest BCUT2D eigenvalue weighted by atomic mass is 9.98. The fraction of sp³-hybridized carbons (Fsp3) is 0.462. The van der Waals surface area contributed by atoms with Gasteiger partial charge in [0.05, 0.1) is 28.8 Å². The minimum absolute atomic E-state index is 0.0384. The first kappa shape index (κ1) is 15.1. The van der Waals surface area contributed by atoms with Crippen LogP contribution in [0.5, 0.6) is 0 Å². The lowest BCUT2D eigenvalue weighted by Gasteiger charge is -2.28. The second kappa shape index (κ2) is 5.61. The normalized spacial score (nSPS) is 24.3. The van der Waals surface area contributed by atoms with Crippen molar-refractivity contribution in [2.24, 2.45) is 0 Å². The molecule has 0 aromatic heterocycles. The van der Waals surface area contributed by atoms with Crippen LogP contribution in [0, 0.1) is 0 Å². The summed E-state index contributed by atoms with van der Waals surface area (Å²) in [6, 6.07) is 6.90. The third-order valence-electron chi connectivity index (χ3n) is 3.22. The number of benzene rings is 1. The number of hydrogen-bond donors (Lipinski definition) is 1. The average Bonchev–Trinajstić information content (AvgIpc) is 2.70. The fourth-order valence-corrected chi connectivity index (χ4v) is 4.32. The summed E-state index contributed by atoms with van der Waals surface area (Å²) in [5, 5.41) is 3.41. The summed E-state index contributed by atoms with van der Waals surface area (Å²) in [6.07, 6.45) is 0.180. The van der Waals surface area contributed by atoms with Gasteiger partial charge in [-0.15, -0.1) is 0 Å². The van der Waals surface area contributed by atoms with E-state index >= 15 is 0 Å². The molecule has 1 heterocycles. The Balaban J connectivity index is 2.34. The lowest BCUT2D eigenvalue weighted by molar-refractivity contribution is -0.147. The van der Waals surface area contributed by atoms with Crippen molar-refractivity contribution in [3.63, 3.8) is 0 Å². The van der Waals surface area contributed by atoms with Gasteiger partial charge in [0.15, 0.2) is 15.4 Å². The Bertz CT molecular complexity index is 617. The largest absolute Gasteiger partial charge is 0.464 e. The van der Waals surface area contributed by atoms with Crippen molar-refractivity contribution in [3.05, 3.63) is 29.3 Å². The highest BCUT2D eigenvalue weighted by Crippen LogP contribution is 2.32. The number of rotatable bonds is 4. The molecule has 0 saturated carbocycles. The third-order valence-corrected chi connectivity index (χ3v) is 5.31. The van der Waals surface area contributed by atoms with Crippen LogP contribution in [-0.4, -0.2) is 38.0 Å². The molecule has 0 bridgehead atoms. The van der Waals surface area contributed by atoms with Crippen LogP contribution in [0.4, 0.5) is 5.69 Å². The highest BCUT2D eigenvalue weighted by molar-refractivity contribution is 7.91. The van der Waals surface area contributed by atoms with Gasteiger partial charge in [-0.3, -0.25) is 0 Å². The monoisotopic (exact) mass is 317 g/mol. The predicted molar refractivity (Wildman–Crippen MR) is 77.7 cm³/mol. The van der Waals surface area contributed by atoms with Crippen molar-refractivity contribution in [3.8, 4) is 0 Å². The second-order valence-corrected chi connectivity index (χ2v) is 7.34. The van der Waals surface area contributed by atoms with E-state index in [1.54, 1.807) is 31.2 Å². The molecule has 1 N–H and O–H groups in total. The molecule has 1 aliphatic rings. The number of carbonyl (C=O) groups excluding carboxylic acids is 1. The Morgan fingerprint density at radius 3 is 2.70 bits per heavy atom. The zero-order valence-electron chi connectivity index (χ0n) is 11.1. The van der Waals surface area contributed by atoms with E-state index in [2.05, 4.69) is 5.32 Å². The maximum absolute atomic E-state index is 12.2. The van der Waals surface area contributed by atoms with E-state index in [0.717, 1.165) is 0 Å². The zero-order chi connectivity index (χ0) is 14.8. The molecule has 7 heteroatoms. The van der Waals surface area contributed by atoms with Gasteiger partial charge in [-0.05, 0) is 25.5 Å². The van der Waals surface area contributed by atoms with Crippen LogP contribution in [0.1, 0.15) is 13.3 Å². The number of halogens is 1. The SMILES string of the molecule is CCOC(=O)C1(Nc2ccccc2Cl)CCS(=O)(=O)C1. The Morgan fingerprint density at radius 2 is 2.15 bits per heavy atom. The molecule has 1 aromatic rings. The highest BCUT2D eigenvalue weighted by Gasteiger charge is 2.49. The van der Waals surface area contributed by atoms with Gasteiger partial charge in [0.2, 0.25) is 0 Å². The topological polar surface area (TPSA) is 72.5 Å². The van der Waals surface area contributed by atoms with Crippen molar-refractivity contribution >= 4 is 33.1 Å². The molecule has 1 unspecified atom stereocenters. The minimum atomic E-state index is -3.26. The molecule has 2 rings (SSSR count). The van der Waals surface area contributed by atoms with E-state index in [9.17, 15) is 13.2 Å². The third kappa shape index (κ3) is 3.07. The molecule has 1 fully saturated rings. The molecule has 1 saturated heterocycles. The number of para-hydroxylation sites is 1. The molecule has 110 valence electrons. The molecule has 5 nitrogen and oxygen atoms in total. The van der Waals surface area contributed by atoms with E-state index in [1.807, 2.05) is 0 Å². The molecule has 0 radical (unpaired) electrons. The summed E-state index contributed by atoms with van der Waals surface area (Å²) < 4.78 is 28.5. The summed E-state index contributed by atoms with van der Waals surface area (Å²) >= 11 is 6.05. The van der Waals surface area contributed by atoms with Crippen molar-refractivity contribution in [1.29, 1.82) is 0 Å². The number of anilines is 1. The molecule has 0 amide bonds. The van der Waals surface area contributed by atoms with Crippen molar-refractivity contribution in [1.82, 2.24) is 0 Å². The first-order chi connectivity index (χ1) is 9.38. The lowest BCUT2D eigenvalue weighted by Crippen LogP contribution is -2.48.